The number of methoxy groups -OCH3 is 2. The SMILES string of the molecule is COc1cc(C(=O)c2ccc(OCc3ccccc3)cc2C=O)cc(OC)c1C. The van der Waals surface area contributed by atoms with Crippen molar-refractivity contribution >= 4 is 12.1 Å². The van der Waals surface area contributed by atoms with Crippen molar-refractivity contribution in [2.75, 3.05) is 14.2 Å². The Balaban J connectivity index is 1.88. The van der Waals surface area contributed by atoms with Gasteiger partial charge in [-0.15, -0.1) is 0 Å². The fraction of sp³-hybridized carbons (Fsp3) is 0.167. The first kappa shape index (κ1) is 20.1. The minimum Gasteiger partial charge on any atom is -0.496 e. The molecule has 5 heteroatoms. The van der Waals surface area contributed by atoms with Crippen molar-refractivity contribution in [1.29, 1.82) is 0 Å². The number of hydrogen-bond donors (Lipinski definition) is 0. The number of ether oxygens (including phenoxy) is 3. The van der Waals surface area contributed by atoms with Crippen LogP contribution < -0.4 is 14.2 Å². The molecule has 29 heavy (non-hydrogen) atoms. The quantitative estimate of drug-likeness (QED) is 0.414. The van der Waals surface area contributed by atoms with Gasteiger partial charge < -0.3 is 14.2 Å². The van der Waals surface area contributed by atoms with Gasteiger partial charge in [-0.05, 0) is 42.8 Å². The molecule has 0 aromatic heterocycles. The Labute approximate surface area is 169 Å². The van der Waals surface area contributed by atoms with Crippen molar-refractivity contribution in [1.82, 2.24) is 0 Å². The summed E-state index contributed by atoms with van der Waals surface area (Å²) in [5, 5.41) is 0. The summed E-state index contributed by atoms with van der Waals surface area (Å²) < 4.78 is 16.4. The molecule has 0 amide bonds. The predicted octanol–water partition coefficient (Wildman–Crippen LogP) is 4.63. The lowest BCUT2D eigenvalue weighted by Crippen LogP contribution is -2.07. The van der Waals surface area contributed by atoms with E-state index in [9.17, 15) is 9.59 Å². The molecule has 3 aromatic carbocycles. The Morgan fingerprint density at radius 1 is 0.931 bits per heavy atom. The van der Waals surface area contributed by atoms with E-state index in [0.717, 1.165) is 11.1 Å². The highest BCUT2D eigenvalue weighted by molar-refractivity contribution is 6.13. The first-order valence-corrected chi connectivity index (χ1v) is 9.10. The molecule has 3 aromatic rings. The van der Waals surface area contributed by atoms with Crippen LogP contribution in [-0.4, -0.2) is 26.3 Å². The van der Waals surface area contributed by atoms with Crippen LogP contribution in [0.4, 0.5) is 0 Å². The molecule has 0 atom stereocenters. The molecule has 0 saturated heterocycles. The highest BCUT2D eigenvalue weighted by Crippen LogP contribution is 2.31. The summed E-state index contributed by atoms with van der Waals surface area (Å²) >= 11 is 0. The number of carbonyl (C=O) groups excluding carboxylic acids is 2. The first-order chi connectivity index (χ1) is 14.1. The smallest absolute Gasteiger partial charge is 0.194 e. The van der Waals surface area contributed by atoms with Gasteiger partial charge in [-0.2, -0.15) is 0 Å². The second-order valence-electron chi connectivity index (χ2n) is 6.48. The van der Waals surface area contributed by atoms with Crippen LogP contribution in [0.3, 0.4) is 0 Å². The minimum absolute atomic E-state index is 0.263. The third kappa shape index (κ3) is 4.46. The van der Waals surface area contributed by atoms with Gasteiger partial charge in [0.1, 0.15) is 23.9 Å². The Bertz CT molecular complexity index is 1000. The van der Waals surface area contributed by atoms with Crippen LogP contribution in [0, 0.1) is 6.92 Å². The van der Waals surface area contributed by atoms with Crippen LogP contribution in [0.2, 0.25) is 0 Å². The Kier molecular flexibility index (Phi) is 6.29. The molecule has 3 rings (SSSR count). The van der Waals surface area contributed by atoms with Gasteiger partial charge in [0.05, 0.1) is 14.2 Å². The maximum absolute atomic E-state index is 13.1. The van der Waals surface area contributed by atoms with E-state index < -0.39 is 0 Å². The van der Waals surface area contributed by atoms with E-state index >= 15 is 0 Å². The summed E-state index contributed by atoms with van der Waals surface area (Å²) in [7, 11) is 3.07. The van der Waals surface area contributed by atoms with Crippen LogP contribution in [-0.2, 0) is 6.61 Å². The van der Waals surface area contributed by atoms with Crippen LogP contribution >= 0.6 is 0 Å². The molecular weight excluding hydrogens is 368 g/mol. The van der Waals surface area contributed by atoms with Crippen molar-refractivity contribution in [3.8, 4) is 17.2 Å². The molecule has 0 bridgehead atoms. The van der Waals surface area contributed by atoms with Gasteiger partial charge in [0.15, 0.2) is 12.1 Å². The number of rotatable bonds is 8. The summed E-state index contributed by atoms with van der Waals surface area (Å²) in [4.78, 5) is 24.7. The van der Waals surface area contributed by atoms with E-state index in [0.29, 0.717) is 41.3 Å². The monoisotopic (exact) mass is 390 g/mol. The predicted molar refractivity (Wildman–Crippen MR) is 110 cm³/mol. The zero-order valence-corrected chi connectivity index (χ0v) is 16.6. The third-order valence-corrected chi connectivity index (χ3v) is 4.66. The van der Waals surface area contributed by atoms with Gasteiger partial charge >= 0.3 is 0 Å². The largest absolute Gasteiger partial charge is 0.496 e. The van der Waals surface area contributed by atoms with E-state index in [2.05, 4.69) is 0 Å². The average Bonchev–Trinajstić information content (AvgIpc) is 2.77. The maximum atomic E-state index is 13.1. The summed E-state index contributed by atoms with van der Waals surface area (Å²) in [5.41, 5.74) is 2.75. The summed E-state index contributed by atoms with van der Waals surface area (Å²) in [6, 6.07) is 17.9. The molecular formula is C24H22O5. The Morgan fingerprint density at radius 2 is 1.59 bits per heavy atom. The van der Waals surface area contributed by atoms with Crippen LogP contribution in [0.5, 0.6) is 17.2 Å². The standard InChI is InChI=1S/C24H22O5/c1-16-22(27-2)12-18(13-23(16)28-3)24(26)21-10-9-20(11-19(21)14-25)29-15-17-7-5-4-6-8-17/h4-14H,15H2,1-3H3. The molecule has 5 nitrogen and oxygen atoms in total. The van der Waals surface area contributed by atoms with Crippen molar-refractivity contribution in [3.05, 3.63) is 88.5 Å². The van der Waals surface area contributed by atoms with Gasteiger partial charge in [-0.1, -0.05) is 30.3 Å². The second kappa shape index (κ2) is 9.06. The van der Waals surface area contributed by atoms with Gasteiger partial charge in [-0.3, -0.25) is 9.59 Å². The van der Waals surface area contributed by atoms with Gasteiger partial charge in [0, 0.05) is 22.3 Å². The van der Waals surface area contributed by atoms with E-state index in [1.807, 2.05) is 37.3 Å². The highest BCUT2D eigenvalue weighted by Gasteiger charge is 2.18. The minimum atomic E-state index is -0.293. The van der Waals surface area contributed by atoms with Crippen molar-refractivity contribution in [2.24, 2.45) is 0 Å². The van der Waals surface area contributed by atoms with Gasteiger partial charge in [0.2, 0.25) is 0 Å². The van der Waals surface area contributed by atoms with Gasteiger partial charge in [0.25, 0.3) is 0 Å². The molecule has 148 valence electrons. The Morgan fingerprint density at radius 3 is 2.17 bits per heavy atom. The number of benzene rings is 3. The fourth-order valence-electron chi connectivity index (χ4n) is 3.05. The number of hydrogen-bond acceptors (Lipinski definition) is 5. The normalized spacial score (nSPS) is 10.3. The summed E-state index contributed by atoms with van der Waals surface area (Å²) in [6.07, 6.45) is 0.658. The molecule has 0 radical (unpaired) electrons. The van der Waals surface area contributed by atoms with E-state index in [-0.39, 0.29) is 11.3 Å². The zero-order chi connectivity index (χ0) is 20.8. The van der Waals surface area contributed by atoms with Crippen LogP contribution in [0.1, 0.15) is 37.4 Å². The molecule has 0 N–H and O–H groups in total. The van der Waals surface area contributed by atoms with Crippen molar-refractivity contribution < 1.29 is 23.8 Å². The third-order valence-electron chi connectivity index (χ3n) is 4.66. The lowest BCUT2D eigenvalue weighted by atomic mass is 9.97. The molecule has 0 spiro atoms. The molecule has 0 aliphatic rings. The van der Waals surface area contributed by atoms with Crippen LogP contribution in [0.15, 0.2) is 60.7 Å². The second-order valence-corrected chi connectivity index (χ2v) is 6.48. The average molecular weight is 390 g/mol. The van der Waals surface area contributed by atoms with Crippen LogP contribution in [0.25, 0.3) is 0 Å². The lowest BCUT2D eigenvalue weighted by molar-refractivity contribution is 0.102. The molecule has 0 saturated carbocycles. The summed E-state index contributed by atoms with van der Waals surface area (Å²) in [5.74, 6) is 1.32. The summed E-state index contributed by atoms with van der Waals surface area (Å²) in [6.45, 7) is 2.22. The number of carbonyl (C=O) groups is 2. The molecule has 0 heterocycles. The van der Waals surface area contributed by atoms with E-state index in [1.165, 1.54) is 14.2 Å². The number of ketones is 1. The maximum Gasteiger partial charge on any atom is 0.194 e. The van der Waals surface area contributed by atoms with E-state index in [4.69, 9.17) is 14.2 Å². The first-order valence-electron chi connectivity index (χ1n) is 9.10. The van der Waals surface area contributed by atoms with Crippen molar-refractivity contribution in [3.63, 3.8) is 0 Å². The molecule has 0 aliphatic carbocycles. The fourth-order valence-corrected chi connectivity index (χ4v) is 3.05. The lowest BCUT2D eigenvalue weighted by Gasteiger charge is -2.13. The topological polar surface area (TPSA) is 61.8 Å². The van der Waals surface area contributed by atoms with Crippen molar-refractivity contribution in [2.45, 2.75) is 13.5 Å². The highest BCUT2D eigenvalue weighted by atomic mass is 16.5. The molecule has 0 aliphatic heterocycles. The molecule has 0 unspecified atom stereocenters. The van der Waals surface area contributed by atoms with E-state index in [1.54, 1.807) is 30.3 Å². The zero-order valence-electron chi connectivity index (χ0n) is 16.6. The molecule has 0 fully saturated rings. The van der Waals surface area contributed by atoms with Gasteiger partial charge in [-0.25, -0.2) is 0 Å². The number of aldehydes is 1. The Hall–Kier alpha value is -3.60.